The molecule has 1 heterocycles. The van der Waals surface area contributed by atoms with Crippen LogP contribution in [0.5, 0.6) is 5.75 Å². The third kappa shape index (κ3) is 3.58. The summed E-state index contributed by atoms with van der Waals surface area (Å²) in [6.45, 7) is 0. The molecule has 0 saturated carbocycles. The average molecular weight is 361 g/mol. The molecule has 24 heavy (non-hydrogen) atoms. The predicted octanol–water partition coefficient (Wildman–Crippen LogP) is 3.30. The van der Waals surface area contributed by atoms with Crippen molar-refractivity contribution in [1.82, 2.24) is 20.2 Å². The Morgan fingerprint density at radius 3 is 2.75 bits per heavy atom. The Kier molecular flexibility index (Phi) is 5.12. The molecule has 0 aliphatic rings. The molecule has 1 aromatic heterocycles. The highest BCUT2D eigenvalue weighted by Crippen LogP contribution is 2.26. The molecule has 0 atom stereocenters. The molecule has 2 aromatic carbocycles. The number of carbonyl (C=O) groups is 1. The van der Waals surface area contributed by atoms with Gasteiger partial charge in [0.05, 0.1) is 23.6 Å². The van der Waals surface area contributed by atoms with Gasteiger partial charge < -0.3 is 4.74 Å². The molecule has 0 N–H and O–H groups in total. The molecule has 0 spiro atoms. The van der Waals surface area contributed by atoms with E-state index in [9.17, 15) is 4.79 Å². The van der Waals surface area contributed by atoms with Crippen LogP contribution in [0.1, 0.15) is 10.4 Å². The van der Waals surface area contributed by atoms with Gasteiger partial charge in [-0.15, -0.1) is 5.10 Å². The summed E-state index contributed by atoms with van der Waals surface area (Å²) in [5.41, 5.74) is 1.36. The SMILES string of the molecule is COc1ccc(C(=O)CSc2nnnn2-c2ccccc2)cc1Cl. The summed E-state index contributed by atoms with van der Waals surface area (Å²) in [5, 5.41) is 12.6. The van der Waals surface area contributed by atoms with Crippen LogP contribution in [0.25, 0.3) is 5.69 Å². The Morgan fingerprint density at radius 2 is 2.04 bits per heavy atom. The van der Waals surface area contributed by atoms with Crippen molar-refractivity contribution in [2.45, 2.75) is 5.16 Å². The van der Waals surface area contributed by atoms with E-state index in [1.165, 1.54) is 18.9 Å². The zero-order chi connectivity index (χ0) is 16.9. The number of hydrogen-bond acceptors (Lipinski definition) is 6. The van der Waals surface area contributed by atoms with Crippen molar-refractivity contribution in [3.05, 3.63) is 59.1 Å². The number of ether oxygens (including phenoxy) is 1. The third-order valence-electron chi connectivity index (χ3n) is 3.25. The molecule has 0 bridgehead atoms. The number of thioether (sulfide) groups is 1. The van der Waals surface area contributed by atoms with Crippen LogP contribution in [0.2, 0.25) is 5.02 Å². The first-order chi connectivity index (χ1) is 11.7. The lowest BCUT2D eigenvalue weighted by atomic mass is 10.1. The molecular weight excluding hydrogens is 348 g/mol. The summed E-state index contributed by atoms with van der Waals surface area (Å²) in [6.07, 6.45) is 0. The number of benzene rings is 2. The molecule has 0 fully saturated rings. The normalized spacial score (nSPS) is 10.6. The first-order valence-corrected chi connectivity index (χ1v) is 8.38. The minimum atomic E-state index is -0.0628. The molecule has 0 saturated heterocycles. The van der Waals surface area contributed by atoms with Crippen LogP contribution in [0.15, 0.2) is 53.7 Å². The van der Waals surface area contributed by atoms with Gasteiger partial charge in [-0.3, -0.25) is 4.79 Å². The maximum absolute atomic E-state index is 12.3. The lowest BCUT2D eigenvalue weighted by Gasteiger charge is -2.06. The van der Waals surface area contributed by atoms with E-state index in [1.54, 1.807) is 22.9 Å². The number of hydrogen-bond donors (Lipinski definition) is 0. The highest BCUT2D eigenvalue weighted by atomic mass is 35.5. The molecule has 3 aromatic rings. The van der Waals surface area contributed by atoms with Gasteiger partial charge in [-0.25, -0.2) is 0 Å². The Hall–Kier alpha value is -2.38. The fourth-order valence-electron chi connectivity index (χ4n) is 2.05. The maximum Gasteiger partial charge on any atom is 0.214 e. The van der Waals surface area contributed by atoms with Crippen molar-refractivity contribution < 1.29 is 9.53 Å². The topological polar surface area (TPSA) is 69.9 Å². The third-order valence-corrected chi connectivity index (χ3v) is 4.46. The van der Waals surface area contributed by atoms with E-state index in [4.69, 9.17) is 16.3 Å². The summed E-state index contributed by atoms with van der Waals surface area (Å²) in [7, 11) is 1.53. The van der Waals surface area contributed by atoms with Crippen molar-refractivity contribution in [1.29, 1.82) is 0 Å². The van der Waals surface area contributed by atoms with E-state index in [1.807, 2.05) is 30.3 Å². The van der Waals surface area contributed by atoms with Crippen LogP contribution >= 0.6 is 23.4 Å². The van der Waals surface area contributed by atoms with Crippen LogP contribution in [-0.2, 0) is 0 Å². The zero-order valence-corrected chi connectivity index (χ0v) is 14.3. The predicted molar refractivity (Wildman–Crippen MR) is 92.2 cm³/mol. The van der Waals surface area contributed by atoms with Crippen LogP contribution in [0.3, 0.4) is 0 Å². The molecule has 0 amide bonds. The highest BCUT2D eigenvalue weighted by molar-refractivity contribution is 7.99. The Balaban J connectivity index is 1.72. The number of para-hydroxylation sites is 1. The number of nitrogens with zero attached hydrogens (tertiary/aromatic N) is 4. The van der Waals surface area contributed by atoms with Crippen LogP contribution in [0, 0.1) is 0 Å². The van der Waals surface area contributed by atoms with Crippen molar-refractivity contribution in [2.24, 2.45) is 0 Å². The average Bonchev–Trinajstić information content (AvgIpc) is 3.09. The quantitative estimate of drug-likeness (QED) is 0.496. The number of tetrazole rings is 1. The lowest BCUT2D eigenvalue weighted by molar-refractivity contribution is 0.102. The summed E-state index contributed by atoms with van der Waals surface area (Å²) < 4.78 is 6.68. The molecule has 8 heteroatoms. The fourth-order valence-corrected chi connectivity index (χ4v) is 3.10. The van der Waals surface area contributed by atoms with Crippen molar-refractivity contribution in [3.63, 3.8) is 0 Å². The Morgan fingerprint density at radius 1 is 1.25 bits per heavy atom. The molecular formula is C16H13ClN4O2S. The number of rotatable bonds is 6. The number of halogens is 1. The lowest BCUT2D eigenvalue weighted by Crippen LogP contribution is -2.05. The van der Waals surface area contributed by atoms with Gasteiger partial charge in [0.25, 0.3) is 0 Å². The van der Waals surface area contributed by atoms with Gasteiger partial charge >= 0.3 is 0 Å². The van der Waals surface area contributed by atoms with Crippen LogP contribution < -0.4 is 4.74 Å². The van der Waals surface area contributed by atoms with E-state index in [0.29, 0.717) is 21.5 Å². The molecule has 6 nitrogen and oxygen atoms in total. The number of Topliss-reactive ketones (excluding diaryl/α,β-unsaturated/α-hetero) is 1. The van der Waals surface area contributed by atoms with Gasteiger partial charge in [-0.2, -0.15) is 4.68 Å². The molecule has 0 unspecified atom stereocenters. The maximum atomic E-state index is 12.3. The standard InChI is InChI=1S/C16H13ClN4O2S/c1-23-15-8-7-11(9-13(15)17)14(22)10-24-16-18-19-20-21(16)12-5-3-2-4-6-12/h2-9H,10H2,1H3. The minimum absolute atomic E-state index is 0.0628. The highest BCUT2D eigenvalue weighted by Gasteiger charge is 2.14. The molecule has 0 aliphatic carbocycles. The zero-order valence-electron chi connectivity index (χ0n) is 12.7. The second-order valence-electron chi connectivity index (χ2n) is 4.77. The molecule has 122 valence electrons. The van der Waals surface area contributed by atoms with Crippen molar-refractivity contribution in [2.75, 3.05) is 12.9 Å². The van der Waals surface area contributed by atoms with Gasteiger partial charge in [0.2, 0.25) is 5.16 Å². The summed E-state index contributed by atoms with van der Waals surface area (Å²) >= 11 is 7.33. The second-order valence-corrected chi connectivity index (χ2v) is 6.12. The van der Waals surface area contributed by atoms with Gasteiger partial charge in [0.15, 0.2) is 5.78 Å². The van der Waals surface area contributed by atoms with Gasteiger partial charge in [0.1, 0.15) is 5.75 Å². The van der Waals surface area contributed by atoms with Crippen LogP contribution in [0.4, 0.5) is 0 Å². The van der Waals surface area contributed by atoms with E-state index in [2.05, 4.69) is 15.5 Å². The van der Waals surface area contributed by atoms with Gasteiger partial charge in [-0.05, 0) is 40.8 Å². The largest absolute Gasteiger partial charge is 0.495 e. The summed E-state index contributed by atoms with van der Waals surface area (Å²) in [6, 6.07) is 14.5. The van der Waals surface area contributed by atoms with E-state index in [-0.39, 0.29) is 11.5 Å². The summed E-state index contributed by atoms with van der Waals surface area (Å²) in [4.78, 5) is 12.3. The van der Waals surface area contributed by atoms with Crippen LogP contribution in [-0.4, -0.2) is 38.9 Å². The first kappa shape index (κ1) is 16.5. The Bertz CT molecular complexity index is 854. The Labute approximate surface area is 147 Å². The molecule has 0 aliphatic heterocycles. The second kappa shape index (κ2) is 7.46. The monoisotopic (exact) mass is 360 g/mol. The number of carbonyl (C=O) groups excluding carboxylic acids is 1. The van der Waals surface area contributed by atoms with Gasteiger partial charge in [-0.1, -0.05) is 41.6 Å². The smallest absolute Gasteiger partial charge is 0.214 e. The van der Waals surface area contributed by atoms with Gasteiger partial charge in [0, 0.05) is 5.56 Å². The van der Waals surface area contributed by atoms with E-state index < -0.39 is 0 Å². The first-order valence-electron chi connectivity index (χ1n) is 7.02. The number of ketones is 1. The molecule has 0 radical (unpaired) electrons. The molecule has 3 rings (SSSR count). The fraction of sp³-hybridized carbons (Fsp3) is 0.125. The minimum Gasteiger partial charge on any atom is -0.495 e. The summed E-state index contributed by atoms with van der Waals surface area (Å²) in [5.74, 6) is 0.677. The van der Waals surface area contributed by atoms with E-state index >= 15 is 0 Å². The number of methoxy groups -OCH3 is 1. The van der Waals surface area contributed by atoms with E-state index in [0.717, 1.165) is 5.69 Å². The number of aromatic nitrogens is 4. The van der Waals surface area contributed by atoms with Crippen molar-refractivity contribution >= 4 is 29.1 Å². The van der Waals surface area contributed by atoms with Crippen molar-refractivity contribution in [3.8, 4) is 11.4 Å².